The smallest absolute Gasteiger partial charge is 0.187 e. The minimum absolute atomic E-state index is 0.213. The molecule has 0 bridgehead atoms. The largest absolute Gasteiger partial charge is 0.469 e. The van der Waals surface area contributed by atoms with E-state index in [9.17, 15) is 10.1 Å². The van der Waals surface area contributed by atoms with Gasteiger partial charge in [-0.25, -0.2) is 0 Å². The monoisotopic (exact) mass is 317 g/mol. The molecule has 3 nitrogen and oxygen atoms in total. The fourth-order valence-electron chi connectivity index (χ4n) is 1.93. The number of aryl methyl sites for hydroxylation is 1. The molecule has 0 saturated heterocycles. The fourth-order valence-corrected chi connectivity index (χ4v) is 2.19. The summed E-state index contributed by atoms with van der Waals surface area (Å²) in [6.07, 6.45) is 2.12. The van der Waals surface area contributed by atoms with Gasteiger partial charge in [0, 0.05) is 10.9 Å². The van der Waals surface area contributed by atoms with Crippen LogP contribution in [-0.2, 0) is 6.42 Å². The number of hydrogen-bond donors (Lipinski definition) is 0. The normalized spacial score (nSPS) is 11.8. The van der Waals surface area contributed by atoms with Crippen LogP contribution in [0.1, 0.15) is 34.5 Å². The highest BCUT2D eigenvalue weighted by Crippen LogP contribution is 2.24. The first-order valence-electron chi connectivity index (χ1n) is 5.93. The molecular weight excluding hydrogens is 306 g/mol. The number of carbonyl (C=O) groups is 1. The molecule has 1 aromatic carbocycles. The number of nitrogens with zero attached hydrogens (tertiary/aromatic N) is 1. The molecule has 0 amide bonds. The molecule has 4 heteroatoms. The van der Waals surface area contributed by atoms with E-state index in [0.29, 0.717) is 23.3 Å². The Labute approximate surface area is 120 Å². The van der Waals surface area contributed by atoms with E-state index in [2.05, 4.69) is 22.0 Å². The number of furan rings is 1. The van der Waals surface area contributed by atoms with Gasteiger partial charge in [0.2, 0.25) is 0 Å². The van der Waals surface area contributed by atoms with Crippen LogP contribution >= 0.6 is 15.9 Å². The Balaban J connectivity index is 2.35. The first kappa shape index (κ1) is 13.6. The van der Waals surface area contributed by atoms with Crippen LogP contribution in [0, 0.1) is 11.3 Å². The summed E-state index contributed by atoms with van der Waals surface area (Å²) in [5.74, 6) is -0.381. The fraction of sp³-hybridized carbons (Fsp3) is 0.200. The standard InChI is InChI=1S/C15H12BrNO2/c1-2-14-12(7-8-19-14)15(18)13(9-17)10-3-5-11(16)6-4-10/h3-8,13H,2H2,1H3. The number of nitriles is 1. The van der Waals surface area contributed by atoms with Gasteiger partial charge in [-0.3, -0.25) is 4.79 Å². The van der Waals surface area contributed by atoms with E-state index in [0.717, 1.165) is 4.47 Å². The lowest BCUT2D eigenvalue weighted by Crippen LogP contribution is -2.12. The summed E-state index contributed by atoms with van der Waals surface area (Å²) in [5, 5.41) is 9.27. The molecule has 96 valence electrons. The van der Waals surface area contributed by atoms with E-state index >= 15 is 0 Å². The van der Waals surface area contributed by atoms with Crippen LogP contribution in [0.25, 0.3) is 0 Å². The van der Waals surface area contributed by atoms with Crippen molar-refractivity contribution < 1.29 is 9.21 Å². The maximum absolute atomic E-state index is 12.4. The molecule has 0 spiro atoms. The van der Waals surface area contributed by atoms with Gasteiger partial charge in [-0.1, -0.05) is 35.0 Å². The van der Waals surface area contributed by atoms with Crippen LogP contribution in [0.3, 0.4) is 0 Å². The van der Waals surface area contributed by atoms with E-state index < -0.39 is 5.92 Å². The maximum atomic E-state index is 12.4. The topological polar surface area (TPSA) is 54.0 Å². The van der Waals surface area contributed by atoms with Crippen molar-refractivity contribution in [1.29, 1.82) is 5.26 Å². The summed E-state index contributed by atoms with van der Waals surface area (Å²) in [5.41, 5.74) is 1.19. The lowest BCUT2D eigenvalue weighted by Gasteiger charge is -2.08. The zero-order valence-electron chi connectivity index (χ0n) is 10.4. The van der Waals surface area contributed by atoms with Gasteiger partial charge in [0.05, 0.1) is 17.9 Å². The second-order valence-electron chi connectivity index (χ2n) is 4.09. The van der Waals surface area contributed by atoms with Gasteiger partial charge < -0.3 is 4.42 Å². The molecule has 0 fully saturated rings. The quantitative estimate of drug-likeness (QED) is 0.798. The van der Waals surface area contributed by atoms with Gasteiger partial charge in [-0.05, 0) is 23.8 Å². The van der Waals surface area contributed by atoms with Crippen LogP contribution < -0.4 is 0 Å². The molecule has 0 saturated carbocycles. The van der Waals surface area contributed by atoms with Gasteiger partial charge >= 0.3 is 0 Å². The zero-order chi connectivity index (χ0) is 13.8. The Morgan fingerprint density at radius 3 is 2.63 bits per heavy atom. The van der Waals surface area contributed by atoms with Gasteiger partial charge in [0.1, 0.15) is 11.7 Å². The summed E-state index contributed by atoms with van der Waals surface area (Å²) < 4.78 is 6.16. The highest BCUT2D eigenvalue weighted by atomic mass is 79.9. The molecule has 1 unspecified atom stereocenters. The minimum atomic E-state index is -0.795. The first-order valence-corrected chi connectivity index (χ1v) is 6.72. The van der Waals surface area contributed by atoms with Crippen molar-refractivity contribution in [3.05, 3.63) is 58.0 Å². The molecule has 2 rings (SSSR count). The average Bonchev–Trinajstić information content (AvgIpc) is 2.90. The third kappa shape index (κ3) is 2.77. The molecule has 1 heterocycles. The van der Waals surface area contributed by atoms with E-state index in [1.54, 1.807) is 18.2 Å². The number of rotatable bonds is 4. The zero-order valence-corrected chi connectivity index (χ0v) is 12.0. The van der Waals surface area contributed by atoms with Crippen LogP contribution in [0.15, 0.2) is 45.5 Å². The number of Topliss-reactive ketones (excluding diaryl/α,β-unsaturated/α-hetero) is 1. The summed E-state index contributed by atoms with van der Waals surface area (Å²) in [7, 11) is 0. The minimum Gasteiger partial charge on any atom is -0.469 e. The Hall–Kier alpha value is -1.86. The second kappa shape index (κ2) is 5.85. The Morgan fingerprint density at radius 1 is 1.37 bits per heavy atom. The maximum Gasteiger partial charge on any atom is 0.187 e. The van der Waals surface area contributed by atoms with Gasteiger partial charge in [0.25, 0.3) is 0 Å². The molecule has 2 aromatic rings. The predicted octanol–water partition coefficient (Wildman–Crippen LogP) is 4.09. The summed E-state index contributed by atoms with van der Waals surface area (Å²) in [4.78, 5) is 12.4. The van der Waals surface area contributed by atoms with E-state index in [1.807, 2.05) is 19.1 Å². The predicted molar refractivity (Wildman–Crippen MR) is 74.9 cm³/mol. The van der Waals surface area contributed by atoms with Gasteiger partial charge in [0.15, 0.2) is 5.78 Å². The Kier molecular flexibility index (Phi) is 4.18. The lowest BCUT2D eigenvalue weighted by molar-refractivity contribution is 0.0977. The molecule has 0 aliphatic rings. The molecule has 1 aromatic heterocycles. The molecule has 0 aliphatic heterocycles. The number of carbonyl (C=O) groups excluding carboxylic acids is 1. The lowest BCUT2D eigenvalue weighted by atomic mass is 9.92. The van der Waals surface area contributed by atoms with Crippen LogP contribution in [0.2, 0.25) is 0 Å². The third-order valence-electron chi connectivity index (χ3n) is 2.93. The highest BCUT2D eigenvalue weighted by Gasteiger charge is 2.24. The van der Waals surface area contributed by atoms with Gasteiger partial charge in [-0.2, -0.15) is 5.26 Å². The highest BCUT2D eigenvalue weighted by molar-refractivity contribution is 9.10. The van der Waals surface area contributed by atoms with Crippen LogP contribution in [0.4, 0.5) is 0 Å². The van der Waals surface area contributed by atoms with Crippen molar-refractivity contribution in [1.82, 2.24) is 0 Å². The number of hydrogen-bond acceptors (Lipinski definition) is 3. The second-order valence-corrected chi connectivity index (χ2v) is 5.00. The molecule has 19 heavy (non-hydrogen) atoms. The third-order valence-corrected chi connectivity index (χ3v) is 3.46. The molecule has 0 aliphatic carbocycles. The van der Waals surface area contributed by atoms with Crippen molar-refractivity contribution in [2.75, 3.05) is 0 Å². The summed E-state index contributed by atoms with van der Waals surface area (Å²) in [6, 6.07) is 10.9. The number of benzene rings is 1. The van der Waals surface area contributed by atoms with E-state index in [1.165, 1.54) is 6.26 Å². The van der Waals surface area contributed by atoms with Crippen molar-refractivity contribution in [2.24, 2.45) is 0 Å². The molecule has 0 N–H and O–H groups in total. The number of ketones is 1. The molecule has 1 atom stereocenters. The Bertz CT molecular complexity index is 622. The van der Waals surface area contributed by atoms with Crippen molar-refractivity contribution in [3.63, 3.8) is 0 Å². The van der Waals surface area contributed by atoms with E-state index in [-0.39, 0.29) is 5.78 Å². The summed E-state index contributed by atoms with van der Waals surface area (Å²) in [6.45, 7) is 1.91. The van der Waals surface area contributed by atoms with Crippen molar-refractivity contribution in [2.45, 2.75) is 19.3 Å². The summed E-state index contributed by atoms with van der Waals surface area (Å²) >= 11 is 3.33. The first-order chi connectivity index (χ1) is 9.17. The van der Waals surface area contributed by atoms with Crippen molar-refractivity contribution >= 4 is 21.7 Å². The number of halogens is 1. The van der Waals surface area contributed by atoms with Crippen LogP contribution in [0.5, 0.6) is 0 Å². The van der Waals surface area contributed by atoms with Gasteiger partial charge in [-0.15, -0.1) is 0 Å². The SMILES string of the molecule is CCc1occc1C(=O)C(C#N)c1ccc(Br)cc1. The Morgan fingerprint density at radius 2 is 2.05 bits per heavy atom. The average molecular weight is 318 g/mol. The molecule has 0 radical (unpaired) electrons. The van der Waals surface area contributed by atoms with Crippen LogP contribution in [-0.4, -0.2) is 5.78 Å². The van der Waals surface area contributed by atoms with E-state index in [4.69, 9.17) is 4.42 Å². The van der Waals surface area contributed by atoms with Crippen molar-refractivity contribution in [3.8, 4) is 6.07 Å². The molecular formula is C15H12BrNO2.